The van der Waals surface area contributed by atoms with Gasteiger partial charge in [0.05, 0.1) is 5.02 Å². The Bertz CT molecular complexity index is 663. The third kappa shape index (κ3) is 5.51. The van der Waals surface area contributed by atoms with E-state index in [0.717, 1.165) is 19.3 Å². The van der Waals surface area contributed by atoms with Gasteiger partial charge in [-0.25, -0.2) is 0 Å². The zero-order chi connectivity index (χ0) is 18.4. The lowest BCUT2D eigenvalue weighted by Gasteiger charge is -2.26. The van der Waals surface area contributed by atoms with Gasteiger partial charge in [0, 0.05) is 18.1 Å². The fraction of sp³-hybridized carbons (Fsp3) is 0.438. The van der Waals surface area contributed by atoms with E-state index in [1.165, 1.54) is 24.0 Å². The van der Waals surface area contributed by atoms with Gasteiger partial charge in [-0.05, 0) is 44.4 Å². The van der Waals surface area contributed by atoms with E-state index in [1.54, 1.807) is 6.07 Å². The summed E-state index contributed by atoms with van der Waals surface area (Å²) in [5.41, 5.74) is 4.28. The standard InChI is InChI=1S/C16H19Cl2N3O4/c1-10(25-13-6-5-11(17)9-12(13)18)14(22)19-20-15(23)16(24)21-7-3-2-4-8-21/h5-6,9-10H,2-4,7-8H2,1H3,(H,19,22)(H,20,23)/t10-/m1/s1. The van der Waals surface area contributed by atoms with Crippen molar-refractivity contribution >= 4 is 40.9 Å². The van der Waals surface area contributed by atoms with Crippen molar-refractivity contribution < 1.29 is 19.1 Å². The Labute approximate surface area is 155 Å². The molecule has 3 amide bonds. The molecule has 0 aliphatic carbocycles. The molecule has 136 valence electrons. The lowest BCUT2D eigenvalue weighted by atomic mass is 10.1. The molecule has 7 nitrogen and oxygen atoms in total. The van der Waals surface area contributed by atoms with Crippen LogP contribution < -0.4 is 15.6 Å². The number of hydrazine groups is 1. The van der Waals surface area contributed by atoms with Crippen molar-refractivity contribution in [3.8, 4) is 5.75 Å². The van der Waals surface area contributed by atoms with E-state index >= 15 is 0 Å². The van der Waals surface area contributed by atoms with Crippen molar-refractivity contribution in [2.24, 2.45) is 0 Å². The summed E-state index contributed by atoms with van der Waals surface area (Å²) >= 11 is 11.8. The molecule has 1 aromatic carbocycles. The Kier molecular flexibility index (Phi) is 6.90. The monoisotopic (exact) mass is 387 g/mol. The van der Waals surface area contributed by atoms with Gasteiger partial charge >= 0.3 is 11.8 Å². The van der Waals surface area contributed by atoms with E-state index in [1.807, 2.05) is 0 Å². The molecule has 1 aliphatic heterocycles. The molecule has 1 heterocycles. The molecule has 1 fully saturated rings. The van der Waals surface area contributed by atoms with E-state index in [2.05, 4.69) is 10.9 Å². The Morgan fingerprint density at radius 2 is 1.80 bits per heavy atom. The predicted molar refractivity (Wildman–Crippen MR) is 93.3 cm³/mol. The highest BCUT2D eigenvalue weighted by Gasteiger charge is 2.24. The minimum absolute atomic E-state index is 0.261. The summed E-state index contributed by atoms with van der Waals surface area (Å²) in [4.78, 5) is 37.2. The van der Waals surface area contributed by atoms with Gasteiger partial charge in [0.2, 0.25) is 0 Å². The van der Waals surface area contributed by atoms with Gasteiger partial charge in [0.25, 0.3) is 5.91 Å². The summed E-state index contributed by atoms with van der Waals surface area (Å²) in [5.74, 6) is -1.88. The highest BCUT2D eigenvalue weighted by atomic mass is 35.5. The summed E-state index contributed by atoms with van der Waals surface area (Å²) in [6.45, 7) is 2.59. The van der Waals surface area contributed by atoms with Crippen LogP contribution in [-0.2, 0) is 14.4 Å². The molecule has 0 unspecified atom stereocenters. The average molecular weight is 388 g/mol. The second-order valence-corrected chi connectivity index (χ2v) is 6.47. The van der Waals surface area contributed by atoms with E-state index in [-0.39, 0.29) is 10.8 Å². The van der Waals surface area contributed by atoms with Crippen LogP contribution in [-0.4, -0.2) is 41.8 Å². The maximum absolute atomic E-state index is 12.0. The van der Waals surface area contributed by atoms with Crippen LogP contribution in [0.3, 0.4) is 0 Å². The molecule has 0 radical (unpaired) electrons. The number of ether oxygens (including phenoxy) is 1. The number of likely N-dealkylation sites (tertiary alicyclic amines) is 1. The van der Waals surface area contributed by atoms with Crippen LogP contribution in [0.4, 0.5) is 0 Å². The first-order valence-electron chi connectivity index (χ1n) is 7.89. The molecule has 1 aromatic rings. The molecule has 1 aliphatic rings. The van der Waals surface area contributed by atoms with Crippen LogP contribution in [0, 0.1) is 0 Å². The molecule has 25 heavy (non-hydrogen) atoms. The second-order valence-electron chi connectivity index (χ2n) is 5.63. The third-order valence-electron chi connectivity index (χ3n) is 3.70. The number of carbonyl (C=O) groups excluding carboxylic acids is 3. The van der Waals surface area contributed by atoms with Crippen LogP contribution in [0.25, 0.3) is 0 Å². The van der Waals surface area contributed by atoms with Crippen molar-refractivity contribution in [2.75, 3.05) is 13.1 Å². The van der Waals surface area contributed by atoms with E-state index < -0.39 is 23.8 Å². The van der Waals surface area contributed by atoms with E-state index in [0.29, 0.717) is 18.1 Å². The number of nitrogens with zero attached hydrogens (tertiary/aromatic N) is 1. The lowest BCUT2D eigenvalue weighted by Crippen LogP contribution is -2.53. The lowest BCUT2D eigenvalue weighted by molar-refractivity contribution is -0.147. The molecule has 2 N–H and O–H groups in total. The Morgan fingerprint density at radius 1 is 1.12 bits per heavy atom. The van der Waals surface area contributed by atoms with Crippen LogP contribution in [0.5, 0.6) is 5.75 Å². The van der Waals surface area contributed by atoms with Crippen LogP contribution >= 0.6 is 23.2 Å². The Morgan fingerprint density at radius 3 is 2.44 bits per heavy atom. The first-order valence-corrected chi connectivity index (χ1v) is 8.65. The summed E-state index contributed by atoms with van der Waals surface area (Å²) in [6.07, 6.45) is 1.85. The van der Waals surface area contributed by atoms with Crippen molar-refractivity contribution in [3.05, 3.63) is 28.2 Å². The van der Waals surface area contributed by atoms with Gasteiger partial charge < -0.3 is 9.64 Å². The van der Waals surface area contributed by atoms with Gasteiger partial charge in [-0.3, -0.25) is 25.2 Å². The molecule has 0 spiro atoms. The van der Waals surface area contributed by atoms with Gasteiger partial charge in [0.15, 0.2) is 6.10 Å². The van der Waals surface area contributed by atoms with Crippen molar-refractivity contribution in [3.63, 3.8) is 0 Å². The molecular formula is C16H19Cl2N3O4. The van der Waals surface area contributed by atoms with Crippen molar-refractivity contribution in [2.45, 2.75) is 32.3 Å². The van der Waals surface area contributed by atoms with E-state index in [9.17, 15) is 14.4 Å². The Balaban J connectivity index is 1.82. The van der Waals surface area contributed by atoms with Crippen LogP contribution in [0.1, 0.15) is 26.2 Å². The van der Waals surface area contributed by atoms with Crippen LogP contribution in [0.2, 0.25) is 10.0 Å². The molecule has 1 saturated heterocycles. The highest BCUT2D eigenvalue weighted by molar-refractivity contribution is 6.35. The SMILES string of the molecule is C[C@@H](Oc1ccc(Cl)cc1Cl)C(=O)NNC(=O)C(=O)N1CCCCC1. The van der Waals surface area contributed by atoms with Gasteiger partial charge in [-0.15, -0.1) is 0 Å². The number of hydrogen-bond donors (Lipinski definition) is 2. The van der Waals surface area contributed by atoms with Crippen LogP contribution in [0.15, 0.2) is 18.2 Å². The molecule has 0 bridgehead atoms. The maximum Gasteiger partial charge on any atom is 0.327 e. The number of nitrogens with one attached hydrogen (secondary N) is 2. The number of rotatable bonds is 3. The highest BCUT2D eigenvalue weighted by Crippen LogP contribution is 2.28. The molecule has 0 saturated carbocycles. The smallest absolute Gasteiger partial charge is 0.327 e. The first-order chi connectivity index (χ1) is 11.9. The largest absolute Gasteiger partial charge is 0.479 e. The number of amides is 3. The van der Waals surface area contributed by atoms with Gasteiger partial charge in [0.1, 0.15) is 5.75 Å². The van der Waals surface area contributed by atoms with Gasteiger partial charge in [-0.1, -0.05) is 23.2 Å². The maximum atomic E-state index is 12.0. The number of carbonyl (C=O) groups is 3. The molecule has 1 atom stereocenters. The molecule has 2 rings (SSSR count). The van der Waals surface area contributed by atoms with Crippen molar-refractivity contribution in [1.82, 2.24) is 15.8 Å². The predicted octanol–water partition coefficient (Wildman–Crippen LogP) is 1.92. The molecule has 0 aromatic heterocycles. The van der Waals surface area contributed by atoms with E-state index in [4.69, 9.17) is 27.9 Å². The molecular weight excluding hydrogens is 369 g/mol. The fourth-order valence-corrected chi connectivity index (χ4v) is 2.78. The summed E-state index contributed by atoms with van der Waals surface area (Å²) in [7, 11) is 0. The zero-order valence-electron chi connectivity index (χ0n) is 13.7. The molecule has 9 heteroatoms. The second kappa shape index (κ2) is 8.92. The Hall–Kier alpha value is -1.99. The van der Waals surface area contributed by atoms with Crippen molar-refractivity contribution in [1.29, 1.82) is 0 Å². The quantitative estimate of drug-likeness (QED) is 0.612. The summed E-state index contributed by atoms with van der Waals surface area (Å²) < 4.78 is 5.42. The van der Waals surface area contributed by atoms with Gasteiger partial charge in [-0.2, -0.15) is 0 Å². The third-order valence-corrected chi connectivity index (χ3v) is 4.23. The topological polar surface area (TPSA) is 87.7 Å². The minimum Gasteiger partial charge on any atom is -0.479 e. The number of hydrogen-bond acceptors (Lipinski definition) is 4. The normalized spacial score (nSPS) is 15.2. The first kappa shape index (κ1) is 19.3. The fourth-order valence-electron chi connectivity index (χ4n) is 2.33. The number of benzene rings is 1. The minimum atomic E-state index is -0.941. The average Bonchev–Trinajstić information content (AvgIpc) is 2.61. The number of piperidine rings is 1. The summed E-state index contributed by atoms with van der Waals surface area (Å²) in [6, 6.07) is 4.60. The zero-order valence-corrected chi connectivity index (χ0v) is 15.2. The summed E-state index contributed by atoms with van der Waals surface area (Å²) in [5, 5.41) is 0.703. The number of halogens is 2.